The smallest absolute Gasteiger partial charge is 0.342 e. The second-order valence-corrected chi connectivity index (χ2v) is 3.57. The highest BCUT2D eigenvalue weighted by Crippen LogP contribution is 2.21. The third-order valence-corrected chi connectivity index (χ3v) is 2.20. The first-order valence-electron chi connectivity index (χ1n) is 5.09. The van der Waals surface area contributed by atoms with Crippen LogP contribution in [0.4, 0.5) is 10.1 Å². The Hall–Kier alpha value is -1.88. The van der Waals surface area contributed by atoms with Crippen LogP contribution in [0.25, 0.3) is 0 Å². The number of rotatable bonds is 4. The number of aliphatic hydroxyl groups excluding tert-OH is 1. The molecule has 0 aliphatic carbocycles. The van der Waals surface area contributed by atoms with Gasteiger partial charge in [0.15, 0.2) is 0 Å². The molecular formula is C12H11ClFNO3. The summed E-state index contributed by atoms with van der Waals surface area (Å²) in [4.78, 5) is 15.2. The fourth-order valence-electron chi connectivity index (χ4n) is 1.06. The predicted molar refractivity (Wildman–Crippen MR) is 66.9 cm³/mol. The summed E-state index contributed by atoms with van der Waals surface area (Å²) in [5, 5.41) is 8.79. The number of carbonyl (C=O) groups is 1. The molecule has 0 saturated carbocycles. The highest BCUT2D eigenvalue weighted by molar-refractivity contribution is 6.31. The number of esters is 1. The van der Waals surface area contributed by atoms with Crippen molar-refractivity contribution < 1.29 is 19.0 Å². The lowest BCUT2D eigenvalue weighted by Crippen LogP contribution is -2.08. The van der Waals surface area contributed by atoms with E-state index in [4.69, 9.17) is 16.7 Å². The standard InChI is InChI=1S/C12H11ClFNO3/c1-2-18-12(17)8(7-16)6-15-9-3-4-11(14)10(13)5-9/h3-7,16H,2H2,1H3. The Morgan fingerprint density at radius 1 is 1.61 bits per heavy atom. The third kappa shape index (κ3) is 3.85. The Bertz CT molecular complexity index is 500. The van der Waals surface area contributed by atoms with Gasteiger partial charge in [-0.25, -0.2) is 9.18 Å². The summed E-state index contributed by atoms with van der Waals surface area (Å²) in [6.45, 7) is 1.83. The molecule has 0 heterocycles. The summed E-state index contributed by atoms with van der Waals surface area (Å²) < 4.78 is 17.6. The summed E-state index contributed by atoms with van der Waals surface area (Å²) in [5.74, 6) is -1.25. The monoisotopic (exact) mass is 271 g/mol. The quantitative estimate of drug-likeness (QED) is 0.396. The van der Waals surface area contributed by atoms with Gasteiger partial charge in [0, 0.05) is 6.21 Å². The molecule has 0 saturated heterocycles. The highest BCUT2D eigenvalue weighted by Gasteiger charge is 2.08. The molecule has 1 rings (SSSR count). The Balaban J connectivity index is 2.84. The number of aliphatic hydroxyl groups is 1. The van der Waals surface area contributed by atoms with Gasteiger partial charge in [0.25, 0.3) is 0 Å². The van der Waals surface area contributed by atoms with Crippen LogP contribution in [0.3, 0.4) is 0 Å². The molecular weight excluding hydrogens is 261 g/mol. The van der Waals surface area contributed by atoms with Crippen molar-refractivity contribution in [1.29, 1.82) is 0 Å². The Morgan fingerprint density at radius 2 is 2.33 bits per heavy atom. The Kier molecular flexibility index (Phi) is 5.32. The van der Waals surface area contributed by atoms with Crippen LogP contribution in [-0.4, -0.2) is 23.9 Å². The Morgan fingerprint density at radius 3 is 2.89 bits per heavy atom. The van der Waals surface area contributed by atoms with Crippen LogP contribution in [0, 0.1) is 5.82 Å². The number of carbonyl (C=O) groups excluding carboxylic acids is 1. The molecule has 0 bridgehead atoms. The zero-order valence-corrected chi connectivity index (χ0v) is 10.3. The van der Waals surface area contributed by atoms with E-state index < -0.39 is 11.8 Å². The van der Waals surface area contributed by atoms with Gasteiger partial charge < -0.3 is 9.84 Å². The maximum atomic E-state index is 12.9. The molecule has 1 aromatic rings. The summed E-state index contributed by atoms with van der Waals surface area (Å²) in [7, 11) is 0. The minimum atomic E-state index is -0.697. The largest absolute Gasteiger partial charge is 0.515 e. The van der Waals surface area contributed by atoms with Gasteiger partial charge in [-0.15, -0.1) is 0 Å². The topological polar surface area (TPSA) is 58.9 Å². The van der Waals surface area contributed by atoms with Crippen molar-refractivity contribution in [3.8, 4) is 0 Å². The van der Waals surface area contributed by atoms with Crippen molar-refractivity contribution >= 4 is 29.5 Å². The normalized spacial score (nSPS) is 11.8. The van der Waals surface area contributed by atoms with Crippen LogP contribution in [0.15, 0.2) is 35.0 Å². The fourth-order valence-corrected chi connectivity index (χ4v) is 1.24. The number of hydrogen-bond acceptors (Lipinski definition) is 4. The lowest BCUT2D eigenvalue weighted by Gasteiger charge is -2.00. The number of hydrogen-bond donors (Lipinski definition) is 1. The van der Waals surface area contributed by atoms with Crippen LogP contribution >= 0.6 is 11.6 Å². The van der Waals surface area contributed by atoms with E-state index in [1.807, 2.05) is 0 Å². The maximum absolute atomic E-state index is 12.9. The van der Waals surface area contributed by atoms with Gasteiger partial charge in [0.05, 0.1) is 23.6 Å². The number of aliphatic imine (C=N–C) groups is 1. The Labute approximate surface area is 108 Å². The zero-order valence-electron chi connectivity index (χ0n) is 9.56. The van der Waals surface area contributed by atoms with E-state index in [2.05, 4.69) is 9.73 Å². The van der Waals surface area contributed by atoms with E-state index in [0.29, 0.717) is 11.9 Å². The summed E-state index contributed by atoms with van der Waals surface area (Å²) in [5.41, 5.74) is 0.238. The molecule has 18 heavy (non-hydrogen) atoms. The van der Waals surface area contributed by atoms with E-state index in [9.17, 15) is 9.18 Å². The number of halogens is 2. The lowest BCUT2D eigenvalue weighted by atomic mass is 10.3. The third-order valence-electron chi connectivity index (χ3n) is 1.91. The van der Waals surface area contributed by atoms with E-state index in [0.717, 1.165) is 12.3 Å². The fraction of sp³-hybridized carbons (Fsp3) is 0.167. The van der Waals surface area contributed by atoms with Gasteiger partial charge in [-0.2, -0.15) is 0 Å². The molecule has 0 radical (unpaired) electrons. The molecule has 1 N–H and O–H groups in total. The number of ether oxygens (including phenoxy) is 1. The van der Waals surface area contributed by atoms with E-state index in [-0.39, 0.29) is 17.2 Å². The van der Waals surface area contributed by atoms with Gasteiger partial charge in [0.2, 0.25) is 0 Å². The van der Waals surface area contributed by atoms with Gasteiger partial charge >= 0.3 is 5.97 Å². The van der Waals surface area contributed by atoms with E-state index in [1.165, 1.54) is 12.1 Å². The second-order valence-electron chi connectivity index (χ2n) is 3.16. The molecule has 0 aromatic heterocycles. The van der Waals surface area contributed by atoms with Crippen molar-refractivity contribution in [2.75, 3.05) is 6.61 Å². The molecule has 6 heteroatoms. The van der Waals surface area contributed by atoms with Gasteiger partial charge in [-0.1, -0.05) is 11.6 Å². The average Bonchev–Trinajstić information content (AvgIpc) is 2.34. The van der Waals surface area contributed by atoms with Crippen LogP contribution < -0.4 is 0 Å². The summed E-state index contributed by atoms with van der Waals surface area (Å²) >= 11 is 5.57. The molecule has 0 fully saturated rings. The first-order valence-corrected chi connectivity index (χ1v) is 5.47. The molecule has 0 unspecified atom stereocenters. The van der Waals surface area contributed by atoms with Crippen molar-refractivity contribution in [1.82, 2.24) is 0 Å². The van der Waals surface area contributed by atoms with Crippen LogP contribution in [0.1, 0.15) is 6.92 Å². The van der Waals surface area contributed by atoms with Gasteiger partial charge in [-0.3, -0.25) is 4.99 Å². The maximum Gasteiger partial charge on any atom is 0.342 e. The zero-order chi connectivity index (χ0) is 13.5. The SMILES string of the molecule is CCOC(=O)C(C=Nc1ccc(F)c(Cl)c1)=CO. The molecule has 0 aliphatic rings. The van der Waals surface area contributed by atoms with Crippen molar-refractivity contribution in [3.63, 3.8) is 0 Å². The second kappa shape index (κ2) is 6.76. The molecule has 1 aromatic carbocycles. The minimum Gasteiger partial charge on any atom is -0.515 e. The summed E-state index contributed by atoms with van der Waals surface area (Å²) in [6.07, 6.45) is 1.70. The molecule has 0 amide bonds. The van der Waals surface area contributed by atoms with E-state index in [1.54, 1.807) is 6.92 Å². The first-order chi connectivity index (χ1) is 8.58. The average molecular weight is 272 g/mol. The molecule has 96 valence electrons. The van der Waals surface area contributed by atoms with Gasteiger partial charge in [0.1, 0.15) is 11.4 Å². The van der Waals surface area contributed by atoms with Crippen molar-refractivity contribution in [2.24, 2.45) is 4.99 Å². The van der Waals surface area contributed by atoms with Crippen molar-refractivity contribution in [2.45, 2.75) is 6.92 Å². The van der Waals surface area contributed by atoms with Crippen LogP contribution in [0.5, 0.6) is 0 Å². The van der Waals surface area contributed by atoms with Crippen LogP contribution in [0.2, 0.25) is 5.02 Å². The molecule has 4 nitrogen and oxygen atoms in total. The number of nitrogens with zero attached hydrogens (tertiary/aromatic N) is 1. The highest BCUT2D eigenvalue weighted by atomic mass is 35.5. The molecule has 0 atom stereocenters. The number of benzene rings is 1. The minimum absolute atomic E-state index is 0.0738. The lowest BCUT2D eigenvalue weighted by molar-refractivity contribution is -0.137. The van der Waals surface area contributed by atoms with Gasteiger partial charge in [-0.05, 0) is 25.1 Å². The first kappa shape index (κ1) is 14.2. The predicted octanol–water partition coefficient (Wildman–Crippen LogP) is 3.19. The molecule has 0 aliphatic heterocycles. The molecule has 0 spiro atoms. The van der Waals surface area contributed by atoms with Crippen LogP contribution in [-0.2, 0) is 9.53 Å². The van der Waals surface area contributed by atoms with Crippen molar-refractivity contribution in [3.05, 3.63) is 40.9 Å². The summed E-state index contributed by atoms with van der Waals surface area (Å²) in [6, 6.07) is 3.84. The van der Waals surface area contributed by atoms with E-state index >= 15 is 0 Å².